The Morgan fingerprint density at radius 2 is 1.61 bits per heavy atom. The van der Waals surface area contributed by atoms with E-state index in [4.69, 9.17) is 0 Å². The van der Waals surface area contributed by atoms with E-state index >= 15 is 0 Å². The molecule has 150 valence electrons. The zero-order valence-electron chi connectivity index (χ0n) is 16.8. The summed E-state index contributed by atoms with van der Waals surface area (Å²) >= 11 is 0. The van der Waals surface area contributed by atoms with Gasteiger partial charge in [0.1, 0.15) is 11.6 Å². The first kappa shape index (κ1) is 20.1. The lowest BCUT2D eigenvalue weighted by molar-refractivity contribution is 0.0755. The maximum atomic E-state index is 13.1. The Hall–Kier alpha value is -2.63. The Bertz CT molecular complexity index is 766. The first-order valence-corrected chi connectivity index (χ1v) is 10.1. The van der Waals surface area contributed by atoms with Crippen LogP contribution in [-0.4, -0.2) is 55.1 Å². The van der Waals surface area contributed by atoms with E-state index in [2.05, 4.69) is 28.6 Å². The lowest BCUT2D eigenvalue weighted by Gasteiger charge is -2.36. The average molecular weight is 384 g/mol. The van der Waals surface area contributed by atoms with Gasteiger partial charge in [-0.3, -0.25) is 4.79 Å². The Labute approximate surface area is 166 Å². The van der Waals surface area contributed by atoms with Gasteiger partial charge in [0, 0.05) is 56.7 Å². The van der Waals surface area contributed by atoms with Gasteiger partial charge in [0.25, 0.3) is 5.91 Å². The molecule has 0 bridgehead atoms. The molecule has 0 radical (unpaired) electrons. The molecule has 1 fully saturated rings. The molecular formula is C22H29FN4O. The monoisotopic (exact) mass is 384 g/mol. The van der Waals surface area contributed by atoms with Crippen molar-refractivity contribution in [3.05, 3.63) is 54.0 Å². The summed E-state index contributed by atoms with van der Waals surface area (Å²) in [7, 11) is 0. The fourth-order valence-electron chi connectivity index (χ4n) is 3.61. The van der Waals surface area contributed by atoms with Gasteiger partial charge in [-0.05, 0) is 49.2 Å². The van der Waals surface area contributed by atoms with E-state index in [-0.39, 0.29) is 11.7 Å². The van der Waals surface area contributed by atoms with Crippen LogP contribution in [0.4, 0.5) is 15.9 Å². The third kappa shape index (κ3) is 4.80. The number of pyridine rings is 1. The summed E-state index contributed by atoms with van der Waals surface area (Å²) in [5.74, 6) is 0.711. The van der Waals surface area contributed by atoms with Crippen molar-refractivity contribution in [1.29, 1.82) is 0 Å². The van der Waals surface area contributed by atoms with Gasteiger partial charge in [0.2, 0.25) is 0 Å². The molecule has 1 aromatic carbocycles. The number of amides is 1. The van der Waals surface area contributed by atoms with Crippen LogP contribution in [0.1, 0.15) is 37.0 Å². The van der Waals surface area contributed by atoms with Crippen LogP contribution in [0.5, 0.6) is 0 Å². The first-order valence-electron chi connectivity index (χ1n) is 10.1. The van der Waals surface area contributed by atoms with Crippen LogP contribution < -0.4 is 9.80 Å². The van der Waals surface area contributed by atoms with Gasteiger partial charge in [-0.15, -0.1) is 0 Å². The topological polar surface area (TPSA) is 39.7 Å². The maximum Gasteiger partial charge on any atom is 0.254 e. The molecule has 1 amide bonds. The number of halogens is 1. The summed E-state index contributed by atoms with van der Waals surface area (Å²) in [4.78, 5) is 23.7. The van der Waals surface area contributed by atoms with Crippen LogP contribution in [0.2, 0.25) is 0 Å². The van der Waals surface area contributed by atoms with E-state index in [0.29, 0.717) is 5.56 Å². The highest BCUT2D eigenvalue weighted by Gasteiger charge is 2.20. The fourth-order valence-corrected chi connectivity index (χ4v) is 3.61. The number of aromatic nitrogens is 1. The number of hydrogen-bond donors (Lipinski definition) is 0. The van der Waals surface area contributed by atoms with Crippen molar-refractivity contribution in [2.75, 3.05) is 49.1 Å². The molecule has 1 aromatic heterocycles. The summed E-state index contributed by atoms with van der Waals surface area (Å²) in [5.41, 5.74) is 1.74. The minimum absolute atomic E-state index is 0.0808. The van der Waals surface area contributed by atoms with Crippen molar-refractivity contribution in [2.24, 2.45) is 0 Å². The van der Waals surface area contributed by atoms with E-state index in [1.807, 2.05) is 23.1 Å². The Morgan fingerprint density at radius 3 is 2.21 bits per heavy atom. The van der Waals surface area contributed by atoms with Gasteiger partial charge in [-0.25, -0.2) is 9.37 Å². The zero-order valence-corrected chi connectivity index (χ0v) is 16.8. The Morgan fingerprint density at radius 1 is 1.00 bits per heavy atom. The van der Waals surface area contributed by atoms with Gasteiger partial charge in [-0.2, -0.15) is 0 Å². The second-order valence-electron chi connectivity index (χ2n) is 7.15. The molecule has 1 aliphatic rings. The lowest BCUT2D eigenvalue weighted by atomic mass is 10.2. The number of carbonyl (C=O) groups excluding carboxylic acids is 1. The molecule has 2 aromatic rings. The van der Waals surface area contributed by atoms with Crippen LogP contribution in [0, 0.1) is 5.82 Å². The van der Waals surface area contributed by atoms with Crippen molar-refractivity contribution >= 4 is 17.4 Å². The van der Waals surface area contributed by atoms with Crippen molar-refractivity contribution in [1.82, 2.24) is 9.88 Å². The highest BCUT2D eigenvalue weighted by atomic mass is 19.1. The molecule has 1 saturated heterocycles. The molecular weight excluding hydrogens is 355 g/mol. The molecule has 0 saturated carbocycles. The molecule has 2 heterocycles. The molecule has 1 aliphatic heterocycles. The second-order valence-corrected chi connectivity index (χ2v) is 7.15. The van der Waals surface area contributed by atoms with Crippen molar-refractivity contribution in [3.8, 4) is 0 Å². The van der Waals surface area contributed by atoms with Crippen LogP contribution in [0.15, 0.2) is 42.6 Å². The van der Waals surface area contributed by atoms with Gasteiger partial charge < -0.3 is 14.7 Å². The standard InChI is InChI=1S/C22H29FN4O/c1-3-11-27(12-4-2)22(28)18-9-10-24-21(17-18)26-15-13-25(14-16-26)20-7-5-19(23)6-8-20/h5-10,17H,3-4,11-16H2,1-2H3. The number of rotatable bonds is 7. The number of carbonyl (C=O) groups is 1. The van der Waals surface area contributed by atoms with E-state index in [1.165, 1.54) is 12.1 Å². The summed E-state index contributed by atoms with van der Waals surface area (Å²) < 4.78 is 13.1. The van der Waals surface area contributed by atoms with Gasteiger partial charge >= 0.3 is 0 Å². The minimum atomic E-state index is -0.215. The van der Waals surface area contributed by atoms with Crippen LogP contribution in [-0.2, 0) is 0 Å². The summed E-state index contributed by atoms with van der Waals surface area (Å²) in [6.07, 6.45) is 3.63. The van der Waals surface area contributed by atoms with E-state index in [9.17, 15) is 9.18 Å². The van der Waals surface area contributed by atoms with E-state index in [1.54, 1.807) is 12.3 Å². The molecule has 5 nitrogen and oxygen atoms in total. The highest BCUT2D eigenvalue weighted by molar-refractivity contribution is 5.94. The third-order valence-corrected chi connectivity index (χ3v) is 5.06. The van der Waals surface area contributed by atoms with Crippen molar-refractivity contribution < 1.29 is 9.18 Å². The van der Waals surface area contributed by atoms with Crippen molar-refractivity contribution in [3.63, 3.8) is 0 Å². The van der Waals surface area contributed by atoms with Gasteiger partial charge in [0.05, 0.1) is 0 Å². The number of benzene rings is 1. The zero-order chi connectivity index (χ0) is 19.9. The largest absolute Gasteiger partial charge is 0.368 e. The molecule has 0 aliphatic carbocycles. The Balaban J connectivity index is 1.66. The molecule has 6 heteroatoms. The minimum Gasteiger partial charge on any atom is -0.368 e. The summed E-state index contributed by atoms with van der Waals surface area (Å²) in [5, 5.41) is 0. The van der Waals surface area contributed by atoms with E-state index in [0.717, 1.165) is 63.6 Å². The van der Waals surface area contributed by atoms with E-state index < -0.39 is 0 Å². The summed E-state index contributed by atoms with van der Waals surface area (Å²) in [6, 6.07) is 10.3. The third-order valence-electron chi connectivity index (χ3n) is 5.06. The number of anilines is 2. The Kier molecular flexibility index (Phi) is 6.85. The predicted octanol–water partition coefficient (Wildman–Crippen LogP) is 3.81. The molecule has 0 spiro atoms. The van der Waals surface area contributed by atoms with Crippen LogP contribution >= 0.6 is 0 Å². The smallest absolute Gasteiger partial charge is 0.254 e. The normalized spacial score (nSPS) is 14.2. The number of nitrogens with zero attached hydrogens (tertiary/aromatic N) is 4. The van der Waals surface area contributed by atoms with Crippen molar-refractivity contribution in [2.45, 2.75) is 26.7 Å². The molecule has 0 unspecified atom stereocenters. The maximum absolute atomic E-state index is 13.1. The van der Waals surface area contributed by atoms with Gasteiger partial charge in [0.15, 0.2) is 0 Å². The number of hydrogen-bond acceptors (Lipinski definition) is 4. The first-order chi connectivity index (χ1) is 13.6. The quantitative estimate of drug-likeness (QED) is 0.728. The number of piperazine rings is 1. The second kappa shape index (κ2) is 9.53. The molecule has 28 heavy (non-hydrogen) atoms. The lowest BCUT2D eigenvalue weighted by Crippen LogP contribution is -2.47. The van der Waals surface area contributed by atoms with Crippen LogP contribution in [0.3, 0.4) is 0 Å². The predicted molar refractivity (Wildman–Crippen MR) is 112 cm³/mol. The fraction of sp³-hybridized carbons (Fsp3) is 0.455. The van der Waals surface area contributed by atoms with Gasteiger partial charge in [-0.1, -0.05) is 13.8 Å². The molecule has 3 rings (SSSR count). The average Bonchev–Trinajstić information content (AvgIpc) is 2.74. The molecule has 0 atom stereocenters. The summed E-state index contributed by atoms with van der Waals surface area (Å²) in [6.45, 7) is 9.04. The highest BCUT2D eigenvalue weighted by Crippen LogP contribution is 2.21. The van der Waals surface area contributed by atoms with Crippen LogP contribution in [0.25, 0.3) is 0 Å². The molecule has 0 N–H and O–H groups in total. The SMILES string of the molecule is CCCN(CCC)C(=O)c1ccnc(N2CCN(c3ccc(F)cc3)CC2)c1.